The van der Waals surface area contributed by atoms with Crippen molar-refractivity contribution in [3.63, 3.8) is 0 Å². The first kappa shape index (κ1) is 16.1. The highest BCUT2D eigenvalue weighted by molar-refractivity contribution is 8.19. The number of anilines is 1. The molecule has 5 nitrogen and oxygen atoms in total. The zero-order valence-electron chi connectivity index (χ0n) is 13.1. The molecule has 0 radical (unpaired) electrons. The van der Waals surface area contributed by atoms with Gasteiger partial charge in [-0.25, -0.2) is 4.90 Å². The van der Waals surface area contributed by atoms with Crippen LogP contribution in [0.15, 0.2) is 53.4 Å². The van der Waals surface area contributed by atoms with Crippen molar-refractivity contribution in [3.8, 4) is 11.5 Å². The highest BCUT2D eigenvalue weighted by Crippen LogP contribution is 2.39. The van der Waals surface area contributed by atoms with Crippen LogP contribution < -0.4 is 9.64 Å². The first-order valence-corrected chi connectivity index (χ1v) is 8.03. The van der Waals surface area contributed by atoms with Crippen molar-refractivity contribution in [2.24, 2.45) is 0 Å². The number of benzene rings is 2. The minimum Gasteiger partial charge on any atom is -0.508 e. The zero-order valence-corrected chi connectivity index (χ0v) is 14.0. The Bertz CT molecular complexity index is 842. The predicted molar refractivity (Wildman–Crippen MR) is 94.2 cm³/mol. The van der Waals surface area contributed by atoms with Crippen LogP contribution in [0.5, 0.6) is 11.5 Å². The van der Waals surface area contributed by atoms with Crippen molar-refractivity contribution in [2.45, 2.75) is 6.92 Å². The maximum absolute atomic E-state index is 12.7. The first-order valence-electron chi connectivity index (χ1n) is 7.22. The summed E-state index contributed by atoms with van der Waals surface area (Å²) in [5, 5.41) is 9.19. The van der Waals surface area contributed by atoms with E-state index in [9.17, 15) is 14.7 Å². The van der Waals surface area contributed by atoms with E-state index in [1.165, 1.54) is 12.1 Å². The predicted octanol–water partition coefficient (Wildman–Crippen LogP) is 4.03. The Hall–Kier alpha value is -2.73. The number of carbonyl (C=O) groups excluding carboxylic acids is 2. The fourth-order valence-corrected chi connectivity index (χ4v) is 3.33. The fraction of sp³-hybridized carbons (Fsp3) is 0.111. The molecule has 6 heteroatoms. The van der Waals surface area contributed by atoms with Crippen LogP contribution in [0.4, 0.5) is 10.5 Å². The Morgan fingerprint density at radius 3 is 2.46 bits per heavy atom. The largest absolute Gasteiger partial charge is 0.508 e. The summed E-state index contributed by atoms with van der Waals surface area (Å²) >= 11 is 0.900. The first-order chi connectivity index (χ1) is 11.5. The Morgan fingerprint density at radius 2 is 1.83 bits per heavy atom. The van der Waals surface area contributed by atoms with Gasteiger partial charge in [-0.15, -0.1) is 0 Å². The molecule has 0 aromatic heterocycles. The van der Waals surface area contributed by atoms with Crippen molar-refractivity contribution in [2.75, 3.05) is 12.0 Å². The number of carbonyl (C=O) groups is 2. The second-order valence-electron chi connectivity index (χ2n) is 5.21. The molecule has 0 bridgehead atoms. The maximum atomic E-state index is 12.7. The Morgan fingerprint density at radius 1 is 1.12 bits per heavy atom. The summed E-state index contributed by atoms with van der Waals surface area (Å²) < 4.78 is 5.12. The van der Waals surface area contributed by atoms with Gasteiger partial charge in [-0.2, -0.15) is 0 Å². The summed E-state index contributed by atoms with van der Waals surface area (Å²) in [5.41, 5.74) is 1.93. The normalized spacial score (nSPS) is 16.5. The van der Waals surface area contributed by atoms with Gasteiger partial charge in [0.2, 0.25) is 0 Å². The van der Waals surface area contributed by atoms with Crippen LogP contribution in [0.3, 0.4) is 0 Å². The average molecular weight is 341 g/mol. The molecule has 0 aliphatic carbocycles. The quantitative estimate of drug-likeness (QED) is 0.854. The molecule has 2 aromatic rings. The molecular weight excluding hydrogens is 326 g/mol. The molecular formula is C18H15NO4S. The molecule has 1 heterocycles. The molecule has 2 amide bonds. The highest BCUT2D eigenvalue weighted by atomic mass is 32.2. The molecule has 122 valence electrons. The fourth-order valence-electron chi connectivity index (χ4n) is 2.42. The zero-order chi connectivity index (χ0) is 17.3. The van der Waals surface area contributed by atoms with Gasteiger partial charge in [-0.05, 0) is 54.1 Å². The number of nitrogens with zero attached hydrogens (tertiary/aromatic N) is 1. The lowest BCUT2D eigenvalue weighted by Crippen LogP contribution is -2.27. The number of phenols is 1. The van der Waals surface area contributed by atoms with Gasteiger partial charge in [0.15, 0.2) is 0 Å². The van der Waals surface area contributed by atoms with Crippen LogP contribution in [-0.4, -0.2) is 23.4 Å². The molecule has 2 aromatic carbocycles. The summed E-state index contributed by atoms with van der Waals surface area (Å²) in [5.74, 6) is 0.339. The van der Waals surface area contributed by atoms with Gasteiger partial charge in [0.25, 0.3) is 11.1 Å². The van der Waals surface area contributed by atoms with E-state index in [2.05, 4.69) is 0 Å². The van der Waals surface area contributed by atoms with Crippen LogP contribution in [0, 0.1) is 0 Å². The van der Waals surface area contributed by atoms with E-state index in [1.54, 1.807) is 38.3 Å². The molecule has 3 rings (SSSR count). The molecule has 0 atom stereocenters. The number of methoxy groups -OCH3 is 1. The Balaban J connectivity index is 1.97. The average Bonchev–Trinajstić information content (AvgIpc) is 2.89. The minimum atomic E-state index is -0.385. The second-order valence-corrected chi connectivity index (χ2v) is 6.17. The van der Waals surface area contributed by atoms with Crippen LogP contribution in [0.2, 0.25) is 0 Å². The van der Waals surface area contributed by atoms with E-state index in [0.717, 1.165) is 33.5 Å². The standard InChI is InChI=1S/C18H15NO4S/c1-11(12-6-8-15(23-2)9-7-12)16-17(21)19(18(22)24-16)13-4-3-5-14(20)10-13/h3-10,20H,1-2H3/b16-11-. The summed E-state index contributed by atoms with van der Waals surface area (Å²) in [6.07, 6.45) is 0. The summed E-state index contributed by atoms with van der Waals surface area (Å²) in [4.78, 5) is 26.4. The van der Waals surface area contributed by atoms with E-state index in [-0.39, 0.29) is 16.9 Å². The molecule has 0 saturated carbocycles. The number of imide groups is 1. The van der Waals surface area contributed by atoms with Crippen molar-refractivity contribution < 1.29 is 19.4 Å². The highest BCUT2D eigenvalue weighted by Gasteiger charge is 2.37. The number of rotatable bonds is 3. The third-order valence-corrected chi connectivity index (χ3v) is 4.76. The lowest BCUT2D eigenvalue weighted by Gasteiger charge is -2.12. The topological polar surface area (TPSA) is 66.8 Å². The van der Waals surface area contributed by atoms with Gasteiger partial charge in [0.1, 0.15) is 11.5 Å². The van der Waals surface area contributed by atoms with Crippen molar-refractivity contribution in [1.82, 2.24) is 0 Å². The van der Waals surface area contributed by atoms with Crippen LogP contribution in [-0.2, 0) is 4.79 Å². The Labute approximate surface area is 143 Å². The van der Waals surface area contributed by atoms with Gasteiger partial charge in [0, 0.05) is 6.07 Å². The lowest BCUT2D eigenvalue weighted by atomic mass is 10.1. The lowest BCUT2D eigenvalue weighted by molar-refractivity contribution is -0.113. The number of allylic oxidation sites excluding steroid dienone is 1. The smallest absolute Gasteiger partial charge is 0.298 e. The maximum Gasteiger partial charge on any atom is 0.298 e. The molecule has 1 N–H and O–H groups in total. The van der Waals surface area contributed by atoms with Gasteiger partial charge in [0.05, 0.1) is 17.7 Å². The van der Waals surface area contributed by atoms with E-state index in [1.807, 2.05) is 12.1 Å². The van der Waals surface area contributed by atoms with Crippen LogP contribution in [0.1, 0.15) is 12.5 Å². The minimum absolute atomic E-state index is 0.00223. The van der Waals surface area contributed by atoms with E-state index >= 15 is 0 Å². The van der Waals surface area contributed by atoms with Gasteiger partial charge in [-0.1, -0.05) is 18.2 Å². The molecule has 1 aliphatic heterocycles. The number of hydrogen-bond acceptors (Lipinski definition) is 5. The second kappa shape index (κ2) is 6.41. The summed E-state index contributed by atoms with van der Waals surface area (Å²) in [7, 11) is 1.59. The number of thioether (sulfide) groups is 1. The molecule has 24 heavy (non-hydrogen) atoms. The summed E-state index contributed by atoms with van der Waals surface area (Å²) in [6, 6.07) is 13.4. The van der Waals surface area contributed by atoms with Crippen LogP contribution >= 0.6 is 11.8 Å². The monoisotopic (exact) mass is 341 g/mol. The number of phenolic OH excluding ortho intramolecular Hbond substituents is 1. The van der Waals surface area contributed by atoms with Gasteiger partial charge >= 0.3 is 0 Å². The molecule has 0 unspecified atom stereocenters. The van der Waals surface area contributed by atoms with E-state index < -0.39 is 0 Å². The molecule has 1 fully saturated rings. The number of ether oxygens (including phenoxy) is 1. The number of amides is 2. The SMILES string of the molecule is COc1ccc(/C(C)=C2\SC(=O)N(c3cccc(O)c3)C2=O)cc1. The third-order valence-electron chi connectivity index (χ3n) is 3.72. The number of hydrogen-bond donors (Lipinski definition) is 1. The van der Waals surface area contributed by atoms with Crippen LogP contribution in [0.25, 0.3) is 5.57 Å². The van der Waals surface area contributed by atoms with Crippen molar-refractivity contribution in [1.29, 1.82) is 0 Å². The van der Waals surface area contributed by atoms with Crippen molar-refractivity contribution >= 4 is 34.2 Å². The van der Waals surface area contributed by atoms with Gasteiger partial charge in [-0.3, -0.25) is 9.59 Å². The third kappa shape index (κ3) is 2.88. The van der Waals surface area contributed by atoms with Gasteiger partial charge < -0.3 is 9.84 Å². The molecule has 1 aliphatic rings. The van der Waals surface area contributed by atoms with Crippen molar-refractivity contribution in [3.05, 3.63) is 59.0 Å². The molecule has 1 saturated heterocycles. The van der Waals surface area contributed by atoms with E-state index in [4.69, 9.17) is 4.74 Å². The van der Waals surface area contributed by atoms with E-state index in [0.29, 0.717) is 10.6 Å². The Kier molecular flexibility index (Phi) is 4.31. The molecule has 0 spiro atoms. The number of aromatic hydroxyl groups is 1. The summed E-state index contributed by atoms with van der Waals surface area (Å²) in [6.45, 7) is 1.81.